The fraction of sp³-hybridized carbons (Fsp3) is 0.375. The first kappa shape index (κ1) is 13.7. The summed E-state index contributed by atoms with van der Waals surface area (Å²) in [5.74, 6) is 1.52. The minimum Gasteiger partial charge on any atom is -0.399 e. The Kier molecular flexibility index (Phi) is 3.64. The van der Waals surface area contributed by atoms with Crippen molar-refractivity contribution in [3.05, 3.63) is 42.7 Å². The number of nitrogen functional groups attached to an aromatic ring is 1. The molecule has 2 heterocycles. The van der Waals surface area contributed by atoms with Gasteiger partial charge >= 0.3 is 0 Å². The van der Waals surface area contributed by atoms with Crippen molar-refractivity contribution in [1.82, 2.24) is 19.1 Å². The molecule has 5 heteroatoms. The fourth-order valence-corrected chi connectivity index (χ4v) is 2.67. The smallest absolute Gasteiger partial charge is 0.112 e. The third kappa shape index (κ3) is 2.77. The van der Waals surface area contributed by atoms with Gasteiger partial charge in [-0.3, -0.25) is 0 Å². The first-order valence-corrected chi connectivity index (χ1v) is 7.36. The molecule has 110 valence electrons. The molecule has 0 unspecified atom stereocenters. The van der Waals surface area contributed by atoms with Crippen molar-refractivity contribution in [2.75, 3.05) is 5.73 Å². The van der Waals surface area contributed by atoms with Gasteiger partial charge in [-0.2, -0.15) is 0 Å². The van der Waals surface area contributed by atoms with Crippen LogP contribution in [0.1, 0.15) is 32.0 Å². The van der Waals surface area contributed by atoms with Crippen LogP contribution in [-0.2, 0) is 13.1 Å². The lowest BCUT2D eigenvalue weighted by molar-refractivity contribution is 0.547. The largest absolute Gasteiger partial charge is 0.399 e. The topological polar surface area (TPSA) is 61.7 Å². The number of hydrogen-bond donors (Lipinski definition) is 1. The molecule has 2 aromatic heterocycles. The van der Waals surface area contributed by atoms with E-state index in [1.165, 1.54) is 5.52 Å². The summed E-state index contributed by atoms with van der Waals surface area (Å²) in [7, 11) is 0. The monoisotopic (exact) mass is 283 g/mol. The standard InChI is InChI=1S/C16H21N5/c1-12(2)16-19-14-10-13(17)4-5-15(14)21(16)8-3-7-20-9-6-18-11-20/h4-6,9-12H,3,7-8,17H2,1-2H3. The minimum atomic E-state index is 0.395. The molecule has 0 bridgehead atoms. The SMILES string of the molecule is CC(C)c1nc2cc(N)ccc2n1CCCn1ccnc1. The van der Waals surface area contributed by atoms with Crippen LogP contribution in [0.2, 0.25) is 0 Å². The van der Waals surface area contributed by atoms with Gasteiger partial charge in [0.2, 0.25) is 0 Å². The van der Waals surface area contributed by atoms with Gasteiger partial charge in [0, 0.05) is 37.1 Å². The summed E-state index contributed by atoms with van der Waals surface area (Å²) in [6.45, 7) is 6.27. The Balaban J connectivity index is 1.86. The van der Waals surface area contributed by atoms with E-state index in [1.54, 1.807) is 0 Å². The Morgan fingerprint density at radius 2 is 2.10 bits per heavy atom. The third-order valence-corrected chi connectivity index (χ3v) is 3.68. The highest BCUT2D eigenvalue weighted by atomic mass is 15.1. The molecular formula is C16H21N5. The quantitative estimate of drug-likeness (QED) is 0.732. The van der Waals surface area contributed by atoms with Gasteiger partial charge in [0.15, 0.2) is 0 Å². The molecule has 0 amide bonds. The highest BCUT2D eigenvalue weighted by Crippen LogP contribution is 2.24. The van der Waals surface area contributed by atoms with Gasteiger partial charge in [0.25, 0.3) is 0 Å². The first-order chi connectivity index (χ1) is 10.1. The lowest BCUT2D eigenvalue weighted by Gasteiger charge is -2.11. The number of imidazole rings is 2. The van der Waals surface area contributed by atoms with E-state index in [0.29, 0.717) is 5.92 Å². The van der Waals surface area contributed by atoms with Gasteiger partial charge in [-0.25, -0.2) is 9.97 Å². The van der Waals surface area contributed by atoms with E-state index in [1.807, 2.05) is 30.9 Å². The van der Waals surface area contributed by atoms with Crippen molar-refractivity contribution < 1.29 is 0 Å². The lowest BCUT2D eigenvalue weighted by Crippen LogP contribution is -2.08. The van der Waals surface area contributed by atoms with Crippen LogP contribution in [0.3, 0.4) is 0 Å². The first-order valence-electron chi connectivity index (χ1n) is 7.36. The summed E-state index contributed by atoms with van der Waals surface area (Å²) < 4.78 is 4.42. The molecule has 1 aromatic carbocycles. The van der Waals surface area contributed by atoms with E-state index < -0.39 is 0 Å². The maximum absolute atomic E-state index is 5.86. The maximum Gasteiger partial charge on any atom is 0.112 e. The van der Waals surface area contributed by atoms with Gasteiger partial charge in [-0.15, -0.1) is 0 Å². The molecule has 0 spiro atoms. The summed E-state index contributed by atoms with van der Waals surface area (Å²) in [6, 6.07) is 5.97. The van der Waals surface area contributed by atoms with Crippen LogP contribution < -0.4 is 5.73 Å². The Morgan fingerprint density at radius 1 is 1.24 bits per heavy atom. The zero-order valence-electron chi connectivity index (χ0n) is 12.5. The average Bonchev–Trinajstić information content (AvgIpc) is 3.06. The number of nitrogens with zero attached hydrogens (tertiary/aromatic N) is 4. The number of nitrogens with two attached hydrogens (primary N) is 1. The molecule has 0 saturated carbocycles. The van der Waals surface area contributed by atoms with Crippen molar-refractivity contribution in [3.8, 4) is 0 Å². The maximum atomic E-state index is 5.86. The number of aromatic nitrogens is 4. The van der Waals surface area contributed by atoms with Crippen LogP contribution in [0.25, 0.3) is 11.0 Å². The highest BCUT2D eigenvalue weighted by molar-refractivity contribution is 5.79. The molecular weight excluding hydrogens is 262 g/mol. The van der Waals surface area contributed by atoms with E-state index >= 15 is 0 Å². The van der Waals surface area contributed by atoms with Crippen LogP contribution in [0.15, 0.2) is 36.9 Å². The van der Waals surface area contributed by atoms with Gasteiger partial charge in [-0.1, -0.05) is 13.8 Å². The van der Waals surface area contributed by atoms with Crippen molar-refractivity contribution in [1.29, 1.82) is 0 Å². The minimum absolute atomic E-state index is 0.395. The second kappa shape index (κ2) is 5.60. The van der Waals surface area contributed by atoms with Gasteiger partial charge < -0.3 is 14.9 Å². The molecule has 0 aliphatic carbocycles. The Hall–Kier alpha value is -2.30. The number of aryl methyl sites for hydroxylation is 2. The number of hydrogen-bond acceptors (Lipinski definition) is 3. The summed E-state index contributed by atoms with van der Waals surface area (Å²) in [4.78, 5) is 8.83. The Labute approximate surface area is 124 Å². The van der Waals surface area contributed by atoms with Crippen LogP contribution >= 0.6 is 0 Å². The lowest BCUT2D eigenvalue weighted by atomic mass is 10.2. The predicted octanol–water partition coefficient (Wildman–Crippen LogP) is 3.03. The summed E-state index contributed by atoms with van der Waals surface area (Å²) in [6.07, 6.45) is 6.72. The van der Waals surface area contributed by atoms with E-state index in [9.17, 15) is 0 Å². The van der Waals surface area contributed by atoms with Crippen LogP contribution in [0, 0.1) is 0 Å². The summed E-state index contributed by atoms with van der Waals surface area (Å²) in [5.41, 5.74) is 8.78. The van der Waals surface area contributed by atoms with Gasteiger partial charge in [0.1, 0.15) is 5.82 Å². The van der Waals surface area contributed by atoms with Gasteiger partial charge in [0.05, 0.1) is 17.4 Å². The zero-order chi connectivity index (χ0) is 14.8. The molecule has 0 fully saturated rings. The fourth-order valence-electron chi connectivity index (χ4n) is 2.67. The van der Waals surface area contributed by atoms with E-state index in [2.05, 4.69) is 34.0 Å². The summed E-state index contributed by atoms with van der Waals surface area (Å²) in [5, 5.41) is 0. The molecule has 3 aromatic rings. The second-order valence-corrected chi connectivity index (χ2v) is 5.68. The van der Waals surface area contributed by atoms with Crippen molar-refractivity contribution >= 4 is 16.7 Å². The predicted molar refractivity (Wildman–Crippen MR) is 85.1 cm³/mol. The van der Waals surface area contributed by atoms with E-state index in [0.717, 1.165) is 36.5 Å². The molecule has 5 nitrogen and oxygen atoms in total. The van der Waals surface area contributed by atoms with Gasteiger partial charge in [-0.05, 0) is 24.6 Å². The molecule has 0 aliphatic rings. The van der Waals surface area contributed by atoms with Crippen molar-refractivity contribution in [2.45, 2.75) is 39.3 Å². The third-order valence-electron chi connectivity index (χ3n) is 3.68. The molecule has 0 atom stereocenters. The molecule has 3 rings (SSSR count). The highest BCUT2D eigenvalue weighted by Gasteiger charge is 2.13. The number of rotatable bonds is 5. The molecule has 0 aliphatic heterocycles. The number of fused-ring (bicyclic) bond motifs is 1. The van der Waals surface area contributed by atoms with Crippen molar-refractivity contribution in [2.24, 2.45) is 0 Å². The van der Waals surface area contributed by atoms with Crippen LogP contribution in [-0.4, -0.2) is 19.1 Å². The zero-order valence-corrected chi connectivity index (χ0v) is 12.5. The normalized spacial score (nSPS) is 11.6. The Bertz CT molecular complexity index is 725. The van der Waals surface area contributed by atoms with Crippen molar-refractivity contribution in [3.63, 3.8) is 0 Å². The van der Waals surface area contributed by atoms with E-state index in [-0.39, 0.29) is 0 Å². The Morgan fingerprint density at radius 3 is 2.81 bits per heavy atom. The average molecular weight is 283 g/mol. The summed E-state index contributed by atoms with van der Waals surface area (Å²) >= 11 is 0. The number of anilines is 1. The van der Waals surface area contributed by atoms with E-state index in [4.69, 9.17) is 10.7 Å². The molecule has 0 radical (unpaired) electrons. The molecule has 2 N–H and O–H groups in total. The second-order valence-electron chi connectivity index (χ2n) is 5.68. The number of benzene rings is 1. The van der Waals surface area contributed by atoms with Crippen LogP contribution in [0.5, 0.6) is 0 Å². The molecule has 0 saturated heterocycles. The van der Waals surface area contributed by atoms with Crippen LogP contribution in [0.4, 0.5) is 5.69 Å². The molecule has 21 heavy (non-hydrogen) atoms.